The number of nitrogens with one attached hydrogen (secondary N) is 7. The lowest BCUT2D eigenvalue weighted by atomic mass is 10.0. The van der Waals surface area contributed by atoms with Gasteiger partial charge in [-0.15, -0.1) is 0 Å². The molecule has 50 heavy (non-hydrogen) atoms. The Morgan fingerprint density at radius 3 is 1.92 bits per heavy atom. The summed E-state index contributed by atoms with van der Waals surface area (Å²) in [6.07, 6.45) is 1.38. The molecule has 1 heterocycles. The Hall–Kier alpha value is -5.01. The largest absolute Gasteiger partial charge is 0.480 e. The van der Waals surface area contributed by atoms with Crippen molar-refractivity contribution in [1.82, 2.24) is 37.2 Å². The van der Waals surface area contributed by atoms with E-state index in [0.29, 0.717) is 12.8 Å². The molecule has 0 spiro atoms. The van der Waals surface area contributed by atoms with Crippen molar-refractivity contribution in [3.63, 3.8) is 0 Å². The van der Waals surface area contributed by atoms with E-state index in [2.05, 4.69) is 42.2 Å². The molecule has 0 bridgehead atoms. The van der Waals surface area contributed by atoms with E-state index in [9.17, 15) is 43.5 Å². The van der Waals surface area contributed by atoms with Crippen LogP contribution in [0.3, 0.4) is 0 Å². The van der Waals surface area contributed by atoms with E-state index in [1.54, 1.807) is 0 Å². The Kier molecular flexibility index (Phi) is 18.2. The summed E-state index contributed by atoms with van der Waals surface area (Å²) in [5.74, 6) is -6.87. The lowest BCUT2D eigenvalue weighted by Crippen LogP contribution is -2.63. The first kappa shape index (κ1) is 43.0. The standard InChI is InChI=1S/C30H53N11O9/c1-14(2)13-20-27(47)37-16(4)24(44)41-22(21(31)29(49)50)28(48)39-19(26(46)36-15(3)23(43)40-20)9-6-7-11-34-25(45)18(38-17(5)42)10-8-12-35-30(32)33/h14-16,18-22H,6-13,31H2,1-5H3,(H,34,45)(H,36,46)(H,37,47)(H,38,42)(H,39,48)(H,40,43)(H,41,44)(H,49,50)(H4,32,33,35)/t15-,16-,18-,19-,20-,21?,22-/m0/s1. The molecule has 7 amide bonds. The number of unbranched alkanes of at least 4 members (excludes halogenated alkanes) is 1. The number of nitrogens with zero attached hydrogens (tertiary/aromatic N) is 1. The number of aliphatic imine (C=N–C) groups is 1. The van der Waals surface area contributed by atoms with Crippen LogP contribution in [-0.2, 0) is 38.4 Å². The SMILES string of the molecule is CC(=O)N[C@@H](CCCN=C(N)N)C(=O)NCCCC[C@@H]1NC(=O)[C@H](C(N)C(=O)O)NC(=O)[C@H](C)NC(=O)[C@H](CC(C)C)NC(=O)[C@H](C)NC1=O. The molecular formula is C30H53N11O9. The van der Waals surface area contributed by atoms with E-state index in [4.69, 9.17) is 17.2 Å². The summed E-state index contributed by atoms with van der Waals surface area (Å²) in [7, 11) is 0. The fourth-order valence-corrected chi connectivity index (χ4v) is 4.85. The first-order valence-corrected chi connectivity index (χ1v) is 16.4. The van der Waals surface area contributed by atoms with Crippen LogP contribution in [0, 0.1) is 5.92 Å². The lowest BCUT2D eigenvalue weighted by molar-refractivity contribution is -0.143. The quantitative estimate of drug-likeness (QED) is 0.0437. The second kappa shape index (κ2) is 21.2. The van der Waals surface area contributed by atoms with Gasteiger partial charge in [0.15, 0.2) is 5.96 Å². The molecule has 1 unspecified atom stereocenters. The summed E-state index contributed by atoms with van der Waals surface area (Å²) in [4.78, 5) is 106. The zero-order valence-corrected chi connectivity index (χ0v) is 29.2. The molecule has 20 heteroatoms. The summed E-state index contributed by atoms with van der Waals surface area (Å²) >= 11 is 0. The summed E-state index contributed by atoms with van der Waals surface area (Å²) in [5, 5.41) is 27.0. The number of guanidine groups is 1. The van der Waals surface area contributed by atoms with E-state index in [0.717, 1.165) is 0 Å². The highest BCUT2D eigenvalue weighted by atomic mass is 16.4. The number of carbonyl (C=O) groups is 8. The van der Waals surface area contributed by atoms with Gasteiger partial charge in [0.05, 0.1) is 0 Å². The van der Waals surface area contributed by atoms with Crippen LogP contribution in [-0.4, -0.2) is 114 Å². The van der Waals surface area contributed by atoms with Crippen molar-refractivity contribution >= 4 is 53.3 Å². The number of amides is 7. The van der Waals surface area contributed by atoms with Crippen LogP contribution in [0.25, 0.3) is 0 Å². The molecule has 1 fully saturated rings. The normalized spacial score (nSPS) is 23.3. The molecule has 1 aliphatic heterocycles. The van der Waals surface area contributed by atoms with Crippen LogP contribution in [0.2, 0.25) is 0 Å². The predicted molar refractivity (Wildman–Crippen MR) is 180 cm³/mol. The molecule has 14 N–H and O–H groups in total. The topological polar surface area (TPSA) is 331 Å². The van der Waals surface area contributed by atoms with Crippen molar-refractivity contribution in [3.05, 3.63) is 0 Å². The Balaban J connectivity index is 3.16. The molecule has 1 saturated heterocycles. The number of hydrogen-bond acceptors (Lipinski definition) is 10. The average molecular weight is 712 g/mol. The summed E-state index contributed by atoms with van der Waals surface area (Å²) in [6.45, 7) is 7.98. The number of carbonyl (C=O) groups excluding carboxylic acids is 7. The van der Waals surface area contributed by atoms with E-state index < -0.39 is 89.6 Å². The van der Waals surface area contributed by atoms with Gasteiger partial charge in [0.1, 0.15) is 42.3 Å². The Bertz CT molecular complexity index is 1270. The highest BCUT2D eigenvalue weighted by Gasteiger charge is 2.37. The minimum absolute atomic E-state index is 0.0369. The highest BCUT2D eigenvalue weighted by molar-refractivity contribution is 5.99. The number of carboxylic acids is 1. The minimum Gasteiger partial charge on any atom is -0.480 e. The van der Waals surface area contributed by atoms with Gasteiger partial charge in [-0.3, -0.25) is 43.3 Å². The second-order valence-corrected chi connectivity index (χ2v) is 12.6. The van der Waals surface area contributed by atoms with Gasteiger partial charge in [-0.05, 0) is 58.3 Å². The first-order valence-electron chi connectivity index (χ1n) is 16.4. The van der Waals surface area contributed by atoms with Gasteiger partial charge in [0, 0.05) is 20.0 Å². The fraction of sp³-hybridized carbons (Fsp3) is 0.700. The molecule has 282 valence electrons. The van der Waals surface area contributed by atoms with Crippen LogP contribution in [0.15, 0.2) is 4.99 Å². The molecule has 7 atom stereocenters. The third-order valence-electron chi connectivity index (χ3n) is 7.56. The van der Waals surface area contributed by atoms with Crippen LogP contribution < -0.4 is 54.4 Å². The van der Waals surface area contributed by atoms with Crippen LogP contribution in [0.4, 0.5) is 0 Å². The van der Waals surface area contributed by atoms with Crippen LogP contribution in [0.1, 0.15) is 73.1 Å². The molecule has 0 aromatic carbocycles. The molecule has 0 aromatic rings. The number of rotatable bonds is 15. The number of aliphatic carboxylic acids is 1. The van der Waals surface area contributed by atoms with Crippen molar-refractivity contribution < 1.29 is 43.5 Å². The fourth-order valence-electron chi connectivity index (χ4n) is 4.85. The zero-order valence-electron chi connectivity index (χ0n) is 29.2. The maximum absolute atomic E-state index is 13.4. The Morgan fingerprint density at radius 1 is 0.820 bits per heavy atom. The van der Waals surface area contributed by atoms with E-state index >= 15 is 0 Å². The highest BCUT2D eigenvalue weighted by Crippen LogP contribution is 2.09. The minimum atomic E-state index is -1.93. The summed E-state index contributed by atoms with van der Waals surface area (Å²) in [5.41, 5.74) is 16.4. The number of hydrogen-bond donors (Lipinski definition) is 11. The second-order valence-electron chi connectivity index (χ2n) is 12.6. The molecule has 0 radical (unpaired) electrons. The van der Waals surface area contributed by atoms with Crippen molar-refractivity contribution in [2.45, 2.75) is 115 Å². The maximum Gasteiger partial charge on any atom is 0.323 e. The third-order valence-corrected chi connectivity index (χ3v) is 7.56. The van der Waals surface area contributed by atoms with Gasteiger partial charge in [0.25, 0.3) is 0 Å². The lowest BCUT2D eigenvalue weighted by Gasteiger charge is -2.26. The van der Waals surface area contributed by atoms with Gasteiger partial charge in [-0.25, -0.2) is 0 Å². The molecule has 1 aliphatic rings. The summed E-state index contributed by atoms with van der Waals surface area (Å²) in [6, 6.07) is -9.45. The molecule has 0 aliphatic carbocycles. The van der Waals surface area contributed by atoms with Crippen molar-refractivity contribution in [2.24, 2.45) is 28.1 Å². The monoisotopic (exact) mass is 711 g/mol. The van der Waals surface area contributed by atoms with E-state index in [1.165, 1.54) is 20.8 Å². The Labute approximate surface area is 290 Å². The third kappa shape index (κ3) is 15.5. The van der Waals surface area contributed by atoms with E-state index in [1.807, 2.05) is 13.8 Å². The molecular weight excluding hydrogens is 658 g/mol. The Morgan fingerprint density at radius 2 is 1.38 bits per heavy atom. The van der Waals surface area contributed by atoms with Gasteiger partial charge < -0.3 is 59.5 Å². The first-order chi connectivity index (χ1) is 23.3. The predicted octanol–water partition coefficient (Wildman–Crippen LogP) is -4.23. The molecule has 0 saturated carbocycles. The number of nitrogens with two attached hydrogens (primary N) is 3. The van der Waals surface area contributed by atoms with Crippen LogP contribution >= 0.6 is 0 Å². The smallest absolute Gasteiger partial charge is 0.323 e. The molecule has 0 aromatic heterocycles. The summed E-state index contributed by atoms with van der Waals surface area (Å²) < 4.78 is 0. The van der Waals surface area contributed by atoms with Gasteiger partial charge >= 0.3 is 5.97 Å². The van der Waals surface area contributed by atoms with E-state index in [-0.39, 0.29) is 50.7 Å². The van der Waals surface area contributed by atoms with Crippen LogP contribution in [0.5, 0.6) is 0 Å². The van der Waals surface area contributed by atoms with Crippen molar-refractivity contribution in [2.75, 3.05) is 13.1 Å². The zero-order chi connectivity index (χ0) is 38.1. The van der Waals surface area contributed by atoms with Gasteiger partial charge in [-0.2, -0.15) is 0 Å². The van der Waals surface area contributed by atoms with Crippen molar-refractivity contribution in [1.29, 1.82) is 0 Å². The number of carboxylic acid groups (broad SMARTS) is 1. The average Bonchev–Trinajstić information content (AvgIpc) is 3.01. The van der Waals surface area contributed by atoms with Crippen molar-refractivity contribution in [3.8, 4) is 0 Å². The molecule has 20 nitrogen and oxygen atoms in total. The molecule has 1 rings (SSSR count). The van der Waals surface area contributed by atoms with Gasteiger partial charge in [0.2, 0.25) is 41.4 Å². The maximum atomic E-state index is 13.4. The van der Waals surface area contributed by atoms with Gasteiger partial charge in [-0.1, -0.05) is 13.8 Å².